The molecule has 1 aliphatic rings. The van der Waals surface area contributed by atoms with Crippen molar-refractivity contribution in [1.29, 1.82) is 0 Å². The molecular weight excluding hydrogens is 402 g/mol. The molecule has 1 saturated carbocycles. The summed E-state index contributed by atoms with van der Waals surface area (Å²) in [5, 5.41) is 7.62. The van der Waals surface area contributed by atoms with Gasteiger partial charge in [-0.1, -0.05) is 66.6 Å². The molecule has 0 radical (unpaired) electrons. The molecule has 1 amide bonds. The molecule has 7 heteroatoms. The van der Waals surface area contributed by atoms with Crippen LogP contribution >= 0.6 is 11.6 Å². The molecule has 0 spiro atoms. The van der Waals surface area contributed by atoms with Gasteiger partial charge in [0.2, 0.25) is 0 Å². The van der Waals surface area contributed by atoms with E-state index in [2.05, 4.69) is 10.4 Å². The maximum atomic E-state index is 12.8. The van der Waals surface area contributed by atoms with Crippen molar-refractivity contribution in [2.45, 2.75) is 31.2 Å². The van der Waals surface area contributed by atoms with Crippen LogP contribution in [0.5, 0.6) is 0 Å². The van der Waals surface area contributed by atoms with Crippen LogP contribution in [0.25, 0.3) is 0 Å². The van der Waals surface area contributed by atoms with E-state index < -0.39 is 11.3 Å². The molecule has 0 atom stereocenters. The van der Waals surface area contributed by atoms with E-state index >= 15 is 0 Å². The van der Waals surface area contributed by atoms with Gasteiger partial charge in [-0.3, -0.25) is 9.59 Å². The van der Waals surface area contributed by atoms with Gasteiger partial charge in [0.1, 0.15) is 5.82 Å². The third-order valence-corrected chi connectivity index (χ3v) is 5.89. The fourth-order valence-electron chi connectivity index (χ4n) is 3.70. The lowest BCUT2D eigenvalue weighted by atomic mass is 9.64. The molecule has 0 aliphatic heterocycles. The van der Waals surface area contributed by atoms with Gasteiger partial charge in [0.25, 0.3) is 5.91 Å². The van der Waals surface area contributed by atoms with Gasteiger partial charge in [-0.05, 0) is 30.0 Å². The van der Waals surface area contributed by atoms with Crippen LogP contribution < -0.4 is 5.32 Å². The van der Waals surface area contributed by atoms with E-state index in [1.54, 1.807) is 23.0 Å². The number of amides is 1. The minimum atomic E-state index is -0.632. The van der Waals surface area contributed by atoms with Gasteiger partial charge in [-0.2, -0.15) is 5.10 Å². The number of hydrogen-bond donors (Lipinski definition) is 1. The van der Waals surface area contributed by atoms with Crippen LogP contribution in [0.15, 0.2) is 66.9 Å². The molecule has 30 heavy (non-hydrogen) atoms. The van der Waals surface area contributed by atoms with Crippen LogP contribution in [-0.2, 0) is 26.3 Å². The van der Waals surface area contributed by atoms with Crippen molar-refractivity contribution in [3.63, 3.8) is 0 Å². The SMILES string of the molecule is O=C(COC(=O)C1(c2ccccc2)CCC1)Nc1ccnn1Cc1ccccc1Cl. The van der Waals surface area contributed by atoms with Gasteiger partial charge in [0.05, 0.1) is 18.2 Å². The highest BCUT2D eigenvalue weighted by Crippen LogP contribution is 2.44. The van der Waals surface area contributed by atoms with Crippen LogP contribution in [0.2, 0.25) is 5.02 Å². The number of hydrogen-bond acceptors (Lipinski definition) is 4. The van der Waals surface area contributed by atoms with Crippen LogP contribution in [0, 0.1) is 0 Å². The van der Waals surface area contributed by atoms with Gasteiger partial charge in [-0.25, -0.2) is 4.68 Å². The average molecular weight is 424 g/mol. The molecule has 1 aromatic heterocycles. The van der Waals surface area contributed by atoms with Crippen LogP contribution in [0.1, 0.15) is 30.4 Å². The lowest BCUT2D eigenvalue weighted by Crippen LogP contribution is -2.44. The second-order valence-corrected chi connectivity index (χ2v) is 7.80. The second-order valence-electron chi connectivity index (χ2n) is 7.39. The number of aromatic nitrogens is 2. The molecule has 3 aromatic rings. The maximum Gasteiger partial charge on any atom is 0.317 e. The molecule has 1 heterocycles. The third-order valence-electron chi connectivity index (χ3n) is 5.52. The minimum absolute atomic E-state index is 0.343. The largest absolute Gasteiger partial charge is 0.455 e. The zero-order chi connectivity index (χ0) is 21.0. The van der Waals surface area contributed by atoms with Crippen molar-refractivity contribution < 1.29 is 14.3 Å². The summed E-state index contributed by atoms with van der Waals surface area (Å²) in [5.41, 5.74) is 1.20. The quantitative estimate of drug-likeness (QED) is 0.578. The molecule has 1 aliphatic carbocycles. The zero-order valence-corrected chi connectivity index (χ0v) is 17.1. The number of anilines is 1. The Balaban J connectivity index is 1.36. The standard InChI is InChI=1S/C23H22ClN3O3/c24-19-10-5-4-7-17(19)15-27-20(11-14-25-27)26-21(28)16-30-22(29)23(12-6-13-23)18-8-2-1-3-9-18/h1-5,7-11,14H,6,12-13,15-16H2,(H,26,28). The van der Waals surface area contributed by atoms with Crippen LogP contribution in [0.3, 0.4) is 0 Å². The Hall–Kier alpha value is -3.12. The molecule has 0 bridgehead atoms. The number of nitrogens with one attached hydrogen (secondary N) is 1. The van der Waals surface area contributed by atoms with Crippen LogP contribution in [-0.4, -0.2) is 28.3 Å². The normalized spacial score (nSPS) is 14.6. The van der Waals surface area contributed by atoms with E-state index in [0.29, 0.717) is 17.4 Å². The summed E-state index contributed by atoms with van der Waals surface area (Å²) in [7, 11) is 0. The fourth-order valence-corrected chi connectivity index (χ4v) is 3.89. The van der Waals surface area contributed by atoms with E-state index in [0.717, 1.165) is 30.4 Å². The summed E-state index contributed by atoms with van der Waals surface area (Å²) in [6, 6.07) is 18.8. The van der Waals surface area contributed by atoms with Crippen molar-refractivity contribution in [3.05, 3.63) is 83.0 Å². The number of rotatable bonds is 7. The number of carbonyl (C=O) groups excluding carboxylic acids is 2. The Labute approximate surface area is 179 Å². The van der Waals surface area contributed by atoms with Gasteiger partial charge < -0.3 is 10.1 Å². The predicted octanol–water partition coefficient (Wildman–Crippen LogP) is 4.19. The van der Waals surface area contributed by atoms with Gasteiger partial charge in [0.15, 0.2) is 6.61 Å². The summed E-state index contributed by atoms with van der Waals surface area (Å²) in [5.74, 6) is -0.246. The Kier molecular flexibility index (Phi) is 5.86. The van der Waals surface area contributed by atoms with Gasteiger partial charge in [-0.15, -0.1) is 0 Å². The minimum Gasteiger partial charge on any atom is -0.455 e. The first kappa shape index (κ1) is 20.2. The highest BCUT2D eigenvalue weighted by molar-refractivity contribution is 6.31. The van der Waals surface area contributed by atoms with Crippen LogP contribution in [0.4, 0.5) is 5.82 Å². The smallest absolute Gasteiger partial charge is 0.317 e. The van der Waals surface area contributed by atoms with Gasteiger partial charge >= 0.3 is 5.97 Å². The molecular formula is C23H22ClN3O3. The molecule has 2 aromatic carbocycles. The molecule has 1 N–H and O–H groups in total. The first-order chi connectivity index (χ1) is 14.6. The summed E-state index contributed by atoms with van der Waals surface area (Å²) in [4.78, 5) is 25.2. The molecule has 1 fully saturated rings. The number of esters is 1. The monoisotopic (exact) mass is 423 g/mol. The van der Waals surface area contributed by atoms with E-state index in [1.807, 2.05) is 48.5 Å². The Morgan fingerprint density at radius 1 is 1.07 bits per heavy atom. The summed E-state index contributed by atoms with van der Waals surface area (Å²) < 4.78 is 7.03. The number of halogens is 1. The fraction of sp³-hybridized carbons (Fsp3) is 0.261. The zero-order valence-electron chi connectivity index (χ0n) is 16.4. The molecule has 6 nitrogen and oxygen atoms in total. The Morgan fingerprint density at radius 2 is 1.80 bits per heavy atom. The van der Waals surface area contributed by atoms with E-state index in [4.69, 9.17) is 16.3 Å². The van der Waals surface area contributed by atoms with Crippen molar-refractivity contribution >= 4 is 29.3 Å². The number of nitrogens with zero attached hydrogens (tertiary/aromatic N) is 2. The van der Waals surface area contributed by atoms with Crippen molar-refractivity contribution in [3.8, 4) is 0 Å². The second kappa shape index (κ2) is 8.71. The van der Waals surface area contributed by atoms with Crippen molar-refractivity contribution in [2.24, 2.45) is 0 Å². The molecule has 0 unspecified atom stereocenters. The highest BCUT2D eigenvalue weighted by atomic mass is 35.5. The van der Waals surface area contributed by atoms with Gasteiger partial charge in [0, 0.05) is 11.1 Å². The maximum absolute atomic E-state index is 12.8. The van der Waals surface area contributed by atoms with Crippen molar-refractivity contribution in [1.82, 2.24) is 9.78 Å². The molecule has 0 saturated heterocycles. The Bertz CT molecular complexity index is 1040. The van der Waals surface area contributed by atoms with E-state index in [9.17, 15) is 9.59 Å². The summed E-state index contributed by atoms with van der Waals surface area (Å²) >= 11 is 6.21. The predicted molar refractivity (Wildman–Crippen MR) is 114 cm³/mol. The highest BCUT2D eigenvalue weighted by Gasteiger charge is 2.47. The van der Waals surface area contributed by atoms with E-state index in [1.165, 1.54) is 0 Å². The first-order valence-corrected chi connectivity index (χ1v) is 10.2. The topological polar surface area (TPSA) is 73.2 Å². The lowest BCUT2D eigenvalue weighted by Gasteiger charge is -2.39. The number of ether oxygens (including phenoxy) is 1. The first-order valence-electron chi connectivity index (χ1n) is 9.86. The molecule has 4 rings (SSSR count). The summed E-state index contributed by atoms with van der Waals surface area (Å²) in [6.45, 7) is 0.0733. The number of benzene rings is 2. The number of carbonyl (C=O) groups is 2. The van der Waals surface area contributed by atoms with E-state index in [-0.39, 0.29) is 12.6 Å². The lowest BCUT2D eigenvalue weighted by molar-refractivity contribution is -0.156. The summed E-state index contributed by atoms with van der Waals surface area (Å²) in [6.07, 6.45) is 4.04. The van der Waals surface area contributed by atoms with Crippen molar-refractivity contribution in [2.75, 3.05) is 11.9 Å². The Morgan fingerprint density at radius 3 is 2.50 bits per heavy atom. The average Bonchev–Trinajstić information content (AvgIpc) is 3.15. The molecule has 154 valence electrons. The third kappa shape index (κ3) is 4.09.